The van der Waals surface area contributed by atoms with Gasteiger partial charge in [0.05, 0.1) is 23.1 Å². The van der Waals surface area contributed by atoms with Gasteiger partial charge in [0.2, 0.25) is 11.9 Å². The van der Waals surface area contributed by atoms with Gasteiger partial charge in [-0.15, -0.1) is 12.4 Å². The van der Waals surface area contributed by atoms with E-state index < -0.39 is 11.7 Å². The van der Waals surface area contributed by atoms with E-state index in [1.807, 2.05) is 18.2 Å². The number of carbonyl (C=O) groups is 1. The third-order valence-electron chi connectivity index (χ3n) is 4.10. The number of carbonyl (C=O) groups excluding carboxylic acids is 1. The van der Waals surface area contributed by atoms with Crippen LogP contribution in [0.2, 0.25) is 0 Å². The summed E-state index contributed by atoms with van der Waals surface area (Å²) in [6.07, 6.45) is -4.14. The van der Waals surface area contributed by atoms with Gasteiger partial charge >= 0.3 is 6.18 Å². The van der Waals surface area contributed by atoms with Gasteiger partial charge in [0.1, 0.15) is 0 Å². The molecular weight excluding hydrogens is 393 g/mol. The molecule has 5 nitrogen and oxygen atoms in total. The highest BCUT2D eigenvalue weighted by atomic mass is 35.5. The van der Waals surface area contributed by atoms with Crippen molar-refractivity contribution in [2.75, 3.05) is 18.9 Å². The molecule has 0 radical (unpaired) electrons. The molecule has 0 unspecified atom stereocenters. The molecule has 0 fully saturated rings. The monoisotopic (exact) mass is 412 g/mol. The summed E-state index contributed by atoms with van der Waals surface area (Å²) in [5.74, 6) is 0.0969. The lowest BCUT2D eigenvalue weighted by Crippen LogP contribution is -2.21. The highest BCUT2D eigenvalue weighted by Gasteiger charge is 2.30. The van der Waals surface area contributed by atoms with Crippen LogP contribution in [0.15, 0.2) is 48.5 Å². The fourth-order valence-corrected chi connectivity index (χ4v) is 2.79. The van der Waals surface area contributed by atoms with Crippen LogP contribution >= 0.6 is 12.4 Å². The fourth-order valence-electron chi connectivity index (χ4n) is 2.79. The summed E-state index contributed by atoms with van der Waals surface area (Å²) in [4.78, 5) is 16.5. The number of alkyl halides is 3. The first kappa shape index (κ1) is 21.7. The molecule has 0 aliphatic carbocycles. The maximum atomic E-state index is 13.0. The maximum absolute atomic E-state index is 13.0. The molecule has 0 bridgehead atoms. The summed E-state index contributed by atoms with van der Waals surface area (Å²) < 4.78 is 40.7. The Hall–Kier alpha value is -2.58. The minimum Gasteiger partial charge on any atom is -0.319 e. The maximum Gasteiger partial charge on any atom is 0.416 e. The van der Waals surface area contributed by atoms with E-state index in [0.29, 0.717) is 23.6 Å². The lowest BCUT2D eigenvalue weighted by atomic mass is 10.1. The number of amides is 1. The summed E-state index contributed by atoms with van der Waals surface area (Å²) in [6.45, 7) is 0.672. The number of rotatable bonds is 6. The minimum atomic E-state index is -4.41. The highest BCUT2D eigenvalue weighted by molar-refractivity contribution is 5.91. The molecule has 1 amide bonds. The number of anilines is 1. The number of aromatic nitrogens is 2. The summed E-state index contributed by atoms with van der Waals surface area (Å²) in [6, 6.07) is 12.4. The van der Waals surface area contributed by atoms with Gasteiger partial charge in [-0.2, -0.15) is 13.2 Å². The van der Waals surface area contributed by atoms with Crippen LogP contribution in [0.3, 0.4) is 0 Å². The van der Waals surface area contributed by atoms with Crippen molar-refractivity contribution in [2.45, 2.75) is 19.1 Å². The molecule has 1 aromatic heterocycles. The van der Waals surface area contributed by atoms with E-state index in [2.05, 4.69) is 15.6 Å². The molecule has 3 aromatic rings. The van der Waals surface area contributed by atoms with E-state index in [0.717, 1.165) is 17.6 Å². The zero-order chi connectivity index (χ0) is 19.4. The Labute approximate surface area is 166 Å². The number of para-hydroxylation sites is 2. The molecule has 2 aromatic carbocycles. The number of benzene rings is 2. The Morgan fingerprint density at radius 1 is 1.14 bits per heavy atom. The Morgan fingerprint density at radius 2 is 1.89 bits per heavy atom. The molecule has 0 spiro atoms. The standard InChI is InChI=1S/C19H19F3N4O.ClH/c1-23-10-9-17(27)25-18-24-15-7-2-3-8-16(15)26(18)12-13-5-4-6-14(11-13)19(20,21)22;/h2-8,11,23H,9-10,12H2,1H3,(H,24,25,27);1H. The second-order valence-electron chi connectivity index (χ2n) is 6.11. The van der Waals surface area contributed by atoms with Crippen LogP contribution in [0.5, 0.6) is 0 Å². The van der Waals surface area contributed by atoms with Gasteiger partial charge in [-0.3, -0.25) is 10.1 Å². The molecule has 28 heavy (non-hydrogen) atoms. The van der Waals surface area contributed by atoms with Crippen molar-refractivity contribution in [3.63, 3.8) is 0 Å². The molecule has 0 atom stereocenters. The first-order valence-corrected chi connectivity index (χ1v) is 8.44. The van der Waals surface area contributed by atoms with Gasteiger partial charge in [-0.05, 0) is 36.9 Å². The number of fused-ring (bicyclic) bond motifs is 1. The summed E-state index contributed by atoms with van der Waals surface area (Å²) in [5, 5.41) is 5.64. The van der Waals surface area contributed by atoms with Crippen LogP contribution < -0.4 is 10.6 Å². The van der Waals surface area contributed by atoms with Gasteiger partial charge in [0.15, 0.2) is 0 Å². The molecule has 0 saturated heterocycles. The Morgan fingerprint density at radius 3 is 2.61 bits per heavy atom. The molecule has 2 N–H and O–H groups in total. The topological polar surface area (TPSA) is 59.0 Å². The van der Waals surface area contributed by atoms with Crippen LogP contribution in [0, 0.1) is 0 Å². The molecule has 0 aliphatic rings. The first-order valence-electron chi connectivity index (χ1n) is 8.44. The first-order chi connectivity index (χ1) is 12.9. The van der Waals surface area contributed by atoms with E-state index in [1.165, 1.54) is 6.07 Å². The molecule has 3 rings (SSSR count). The number of imidazole rings is 1. The average Bonchev–Trinajstić information content (AvgIpc) is 2.97. The lowest BCUT2D eigenvalue weighted by molar-refractivity contribution is -0.137. The number of hydrogen-bond donors (Lipinski definition) is 2. The van der Waals surface area contributed by atoms with Crippen LogP contribution in [-0.4, -0.2) is 29.1 Å². The van der Waals surface area contributed by atoms with Gasteiger partial charge < -0.3 is 9.88 Å². The Bertz CT molecular complexity index is 956. The second-order valence-corrected chi connectivity index (χ2v) is 6.11. The van der Waals surface area contributed by atoms with Crippen LogP contribution in [0.1, 0.15) is 17.5 Å². The summed E-state index contributed by atoms with van der Waals surface area (Å²) in [5.41, 5.74) is 1.16. The largest absolute Gasteiger partial charge is 0.416 e. The zero-order valence-electron chi connectivity index (χ0n) is 15.1. The predicted molar refractivity (Wildman–Crippen MR) is 105 cm³/mol. The fraction of sp³-hybridized carbons (Fsp3) is 0.263. The minimum absolute atomic E-state index is 0. The van der Waals surface area contributed by atoms with E-state index in [4.69, 9.17) is 0 Å². The zero-order valence-corrected chi connectivity index (χ0v) is 15.9. The van der Waals surface area contributed by atoms with Gasteiger partial charge in [0.25, 0.3) is 0 Å². The summed E-state index contributed by atoms with van der Waals surface area (Å²) in [7, 11) is 1.75. The second kappa shape index (κ2) is 9.07. The molecule has 0 saturated carbocycles. The van der Waals surface area contributed by atoms with Crippen LogP contribution in [-0.2, 0) is 17.5 Å². The van der Waals surface area contributed by atoms with Gasteiger partial charge in [-0.1, -0.05) is 24.3 Å². The van der Waals surface area contributed by atoms with Crippen molar-refractivity contribution in [2.24, 2.45) is 0 Å². The third-order valence-corrected chi connectivity index (χ3v) is 4.10. The van der Waals surface area contributed by atoms with E-state index in [1.54, 1.807) is 23.7 Å². The van der Waals surface area contributed by atoms with E-state index in [9.17, 15) is 18.0 Å². The molecule has 1 heterocycles. The molecule has 150 valence electrons. The normalized spacial score (nSPS) is 11.3. The third kappa shape index (κ3) is 5.02. The van der Waals surface area contributed by atoms with Crippen molar-refractivity contribution < 1.29 is 18.0 Å². The van der Waals surface area contributed by atoms with Crippen molar-refractivity contribution in [1.29, 1.82) is 0 Å². The highest BCUT2D eigenvalue weighted by Crippen LogP contribution is 2.30. The molecular formula is C19H20ClF3N4O. The van der Waals surface area contributed by atoms with Crippen molar-refractivity contribution in [3.05, 3.63) is 59.7 Å². The summed E-state index contributed by atoms with van der Waals surface area (Å²) >= 11 is 0. The van der Waals surface area contributed by atoms with Crippen molar-refractivity contribution >= 4 is 35.3 Å². The average molecular weight is 413 g/mol. The quantitative estimate of drug-likeness (QED) is 0.641. The van der Waals surface area contributed by atoms with Crippen LogP contribution in [0.4, 0.5) is 19.1 Å². The number of hydrogen-bond acceptors (Lipinski definition) is 3. The molecule has 9 heteroatoms. The van der Waals surface area contributed by atoms with Gasteiger partial charge in [0, 0.05) is 13.0 Å². The van der Waals surface area contributed by atoms with E-state index in [-0.39, 0.29) is 31.3 Å². The molecule has 0 aliphatic heterocycles. The number of halogens is 4. The SMILES string of the molecule is CNCCC(=O)Nc1nc2ccccc2n1Cc1cccc(C(F)(F)F)c1.Cl. The van der Waals surface area contributed by atoms with E-state index >= 15 is 0 Å². The lowest BCUT2D eigenvalue weighted by Gasteiger charge is -2.12. The van der Waals surface area contributed by atoms with Crippen LogP contribution in [0.25, 0.3) is 11.0 Å². The van der Waals surface area contributed by atoms with Crippen molar-refractivity contribution in [1.82, 2.24) is 14.9 Å². The Balaban J connectivity index is 0.00000280. The number of nitrogens with one attached hydrogen (secondary N) is 2. The predicted octanol–water partition coefficient (Wildman–Crippen LogP) is 4.07. The smallest absolute Gasteiger partial charge is 0.319 e. The van der Waals surface area contributed by atoms with Crippen molar-refractivity contribution in [3.8, 4) is 0 Å². The van der Waals surface area contributed by atoms with Gasteiger partial charge in [-0.25, -0.2) is 4.98 Å². The number of nitrogens with zero attached hydrogens (tertiary/aromatic N) is 2. The Kier molecular flexibility index (Phi) is 7.04.